The average molecular weight is 285 g/mol. The lowest BCUT2D eigenvalue weighted by Gasteiger charge is -2.25. The Bertz CT molecular complexity index is 559. The first-order valence-electron chi connectivity index (χ1n) is 7.85. The number of aromatic amines is 1. The molecule has 2 aromatic rings. The lowest BCUT2D eigenvalue weighted by Crippen LogP contribution is -2.30. The number of hydrogen-bond donors (Lipinski definition) is 1. The molecule has 2 heterocycles. The number of aromatic nitrogens is 2. The molecule has 0 spiro atoms. The molecule has 0 amide bonds. The number of nitrogens with zero attached hydrogens (tertiary/aromatic N) is 2. The molecule has 1 aliphatic heterocycles. The highest BCUT2D eigenvalue weighted by molar-refractivity contribution is 5.64. The van der Waals surface area contributed by atoms with Crippen molar-refractivity contribution in [2.75, 3.05) is 24.6 Å². The quantitative estimate of drug-likeness (QED) is 0.912. The number of anilines is 1. The Morgan fingerprint density at radius 1 is 1.14 bits per heavy atom. The van der Waals surface area contributed by atoms with Crippen LogP contribution in [0.1, 0.15) is 31.9 Å². The van der Waals surface area contributed by atoms with Gasteiger partial charge in [-0.1, -0.05) is 30.3 Å². The van der Waals surface area contributed by atoms with Gasteiger partial charge in [-0.25, -0.2) is 4.98 Å². The number of ether oxygens (including phenoxy) is 1. The van der Waals surface area contributed by atoms with Gasteiger partial charge in [0.15, 0.2) is 0 Å². The summed E-state index contributed by atoms with van der Waals surface area (Å²) in [6.07, 6.45) is 3.83. The van der Waals surface area contributed by atoms with Crippen molar-refractivity contribution in [3.05, 3.63) is 36.0 Å². The van der Waals surface area contributed by atoms with Crippen molar-refractivity contribution in [3.63, 3.8) is 0 Å². The number of nitrogens with one attached hydrogen (secondary N) is 1. The SMILES string of the molecule is CCOCc1[nH]c(N2CCCCC2)nc1-c1ccccc1. The summed E-state index contributed by atoms with van der Waals surface area (Å²) in [5, 5.41) is 0. The molecule has 4 nitrogen and oxygen atoms in total. The van der Waals surface area contributed by atoms with Crippen LogP contribution < -0.4 is 4.90 Å². The van der Waals surface area contributed by atoms with Crippen LogP contribution in [-0.4, -0.2) is 29.7 Å². The zero-order chi connectivity index (χ0) is 14.5. The third-order valence-corrected chi connectivity index (χ3v) is 3.92. The average Bonchev–Trinajstić information content (AvgIpc) is 2.99. The molecule has 0 unspecified atom stereocenters. The topological polar surface area (TPSA) is 41.1 Å². The highest BCUT2D eigenvalue weighted by atomic mass is 16.5. The van der Waals surface area contributed by atoms with E-state index in [1.807, 2.05) is 13.0 Å². The van der Waals surface area contributed by atoms with Crippen LogP contribution in [0.5, 0.6) is 0 Å². The van der Waals surface area contributed by atoms with Gasteiger partial charge in [-0.2, -0.15) is 0 Å². The number of piperidine rings is 1. The monoisotopic (exact) mass is 285 g/mol. The zero-order valence-corrected chi connectivity index (χ0v) is 12.6. The van der Waals surface area contributed by atoms with E-state index in [-0.39, 0.29) is 0 Å². The van der Waals surface area contributed by atoms with Crippen LogP contribution in [0.15, 0.2) is 30.3 Å². The van der Waals surface area contributed by atoms with Crippen molar-refractivity contribution in [1.29, 1.82) is 0 Å². The third-order valence-electron chi connectivity index (χ3n) is 3.92. The van der Waals surface area contributed by atoms with Crippen molar-refractivity contribution in [1.82, 2.24) is 9.97 Å². The second kappa shape index (κ2) is 6.76. The fourth-order valence-corrected chi connectivity index (χ4v) is 2.79. The summed E-state index contributed by atoms with van der Waals surface area (Å²) in [6.45, 7) is 5.50. The minimum atomic E-state index is 0.585. The van der Waals surface area contributed by atoms with Crippen molar-refractivity contribution in [2.45, 2.75) is 32.8 Å². The fraction of sp³-hybridized carbons (Fsp3) is 0.471. The molecule has 1 aromatic heterocycles. The molecule has 1 fully saturated rings. The predicted octanol–water partition coefficient (Wildman–Crippen LogP) is 3.60. The van der Waals surface area contributed by atoms with Crippen molar-refractivity contribution < 1.29 is 4.74 Å². The van der Waals surface area contributed by atoms with Gasteiger partial charge in [0.25, 0.3) is 0 Å². The van der Waals surface area contributed by atoms with Gasteiger partial charge < -0.3 is 14.6 Å². The van der Waals surface area contributed by atoms with E-state index in [0.29, 0.717) is 13.2 Å². The summed E-state index contributed by atoms with van der Waals surface area (Å²) in [7, 11) is 0. The number of rotatable bonds is 5. The van der Waals surface area contributed by atoms with Crippen LogP contribution >= 0.6 is 0 Å². The Labute approximate surface area is 126 Å². The molecule has 3 rings (SSSR count). The molecule has 0 bridgehead atoms. The van der Waals surface area contributed by atoms with Gasteiger partial charge in [0, 0.05) is 25.3 Å². The molecule has 0 atom stereocenters. The van der Waals surface area contributed by atoms with E-state index in [1.165, 1.54) is 19.3 Å². The predicted molar refractivity (Wildman–Crippen MR) is 85.4 cm³/mol. The van der Waals surface area contributed by atoms with Crippen LogP contribution in [0, 0.1) is 0 Å². The maximum absolute atomic E-state index is 5.59. The van der Waals surface area contributed by atoms with E-state index in [9.17, 15) is 0 Å². The van der Waals surface area contributed by atoms with Gasteiger partial charge in [-0.3, -0.25) is 0 Å². The van der Waals surface area contributed by atoms with E-state index < -0.39 is 0 Å². The number of H-pyrrole nitrogens is 1. The van der Waals surface area contributed by atoms with E-state index in [2.05, 4.69) is 34.1 Å². The largest absolute Gasteiger partial charge is 0.375 e. The van der Waals surface area contributed by atoms with Crippen LogP contribution in [0.2, 0.25) is 0 Å². The Morgan fingerprint density at radius 2 is 1.90 bits per heavy atom. The van der Waals surface area contributed by atoms with Crippen LogP contribution in [0.25, 0.3) is 11.3 Å². The minimum Gasteiger partial charge on any atom is -0.375 e. The van der Waals surface area contributed by atoms with Crippen molar-refractivity contribution >= 4 is 5.95 Å². The molecule has 4 heteroatoms. The van der Waals surface area contributed by atoms with E-state index in [4.69, 9.17) is 9.72 Å². The number of imidazole rings is 1. The molecule has 1 aromatic carbocycles. The smallest absolute Gasteiger partial charge is 0.203 e. The summed E-state index contributed by atoms with van der Waals surface area (Å²) < 4.78 is 5.59. The fourth-order valence-electron chi connectivity index (χ4n) is 2.79. The summed E-state index contributed by atoms with van der Waals surface area (Å²) >= 11 is 0. The van der Waals surface area contributed by atoms with Crippen LogP contribution in [0.4, 0.5) is 5.95 Å². The molecule has 0 aliphatic carbocycles. The number of hydrogen-bond acceptors (Lipinski definition) is 3. The lowest BCUT2D eigenvalue weighted by atomic mass is 10.1. The van der Waals surface area contributed by atoms with Crippen molar-refractivity contribution in [3.8, 4) is 11.3 Å². The maximum Gasteiger partial charge on any atom is 0.203 e. The Kier molecular flexibility index (Phi) is 4.55. The molecule has 1 aliphatic rings. The molecular formula is C17H23N3O. The second-order valence-electron chi connectivity index (χ2n) is 5.44. The van der Waals surface area contributed by atoms with Gasteiger partial charge >= 0.3 is 0 Å². The molecule has 1 N–H and O–H groups in total. The highest BCUT2D eigenvalue weighted by Gasteiger charge is 2.18. The first-order chi connectivity index (χ1) is 10.4. The maximum atomic E-state index is 5.59. The van der Waals surface area contributed by atoms with E-state index in [1.54, 1.807) is 0 Å². The molecule has 0 saturated carbocycles. The van der Waals surface area contributed by atoms with E-state index >= 15 is 0 Å². The summed E-state index contributed by atoms with van der Waals surface area (Å²) in [6, 6.07) is 10.3. The van der Waals surface area contributed by atoms with E-state index in [0.717, 1.165) is 36.0 Å². The van der Waals surface area contributed by atoms with Gasteiger partial charge in [0.1, 0.15) is 0 Å². The Hall–Kier alpha value is -1.81. The summed E-state index contributed by atoms with van der Waals surface area (Å²) in [5.41, 5.74) is 3.24. The van der Waals surface area contributed by atoms with Gasteiger partial charge in [0.05, 0.1) is 18.0 Å². The molecule has 21 heavy (non-hydrogen) atoms. The zero-order valence-electron chi connectivity index (χ0n) is 12.6. The second-order valence-corrected chi connectivity index (χ2v) is 5.44. The summed E-state index contributed by atoms with van der Waals surface area (Å²) in [5.74, 6) is 0.989. The molecule has 112 valence electrons. The third kappa shape index (κ3) is 3.27. The standard InChI is InChI=1S/C17H23N3O/c1-2-21-13-15-16(14-9-5-3-6-10-14)19-17(18-15)20-11-7-4-8-12-20/h3,5-6,9-10H,2,4,7-8,11-13H2,1H3,(H,18,19). The highest BCUT2D eigenvalue weighted by Crippen LogP contribution is 2.26. The molecular weight excluding hydrogens is 262 g/mol. The molecule has 0 radical (unpaired) electrons. The van der Waals surface area contributed by atoms with Gasteiger partial charge in [0.2, 0.25) is 5.95 Å². The van der Waals surface area contributed by atoms with Gasteiger partial charge in [-0.15, -0.1) is 0 Å². The van der Waals surface area contributed by atoms with Gasteiger partial charge in [-0.05, 0) is 26.2 Å². The summed E-state index contributed by atoms with van der Waals surface area (Å²) in [4.78, 5) is 10.7. The first-order valence-corrected chi connectivity index (χ1v) is 7.85. The normalized spacial score (nSPS) is 15.4. The number of benzene rings is 1. The van der Waals surface area contributed by atoms with Crippen LogP contribution in [-0.2, 0) is 11.3 Å². The Balaban J connectivity index is 1.90. The molecule has 1 saturated heterocycles. The minimum absolute atomic E-state index is 0.585. The lowest BCUT2D eigenvalue weighted by molar-refractivity contribution is 0.132. The Morgan fingerprint density at radius 3 is 2.62 bits per heavy atom. The first kappa shape index (κ1) is 14.1. The van der Waals surface area contributed by atoms with Crippen LogP contribution in [0.3, 0.4) is 0 Å². The van der Waals surface area contributed by atoms with Crippen molar-refractivity contribution in [2.24, 2.45) is 0 Å².